The molecule has 3 N–H and O–H groups in total. The zero-order valence-electron chi connectivity index (χ0n) is 19.0. The van der Waals surface area contributed by atoms with Gasteiger partial charge in [0, 0.05) is 41.8 Å². The zero-order chi connectivity index (χ0) is 25.1. The molecule has 0 fully saturated rings. The number of hydrogen-bond donors (Lipinski definition) is 3. The number of esters is 1. The molecule has 0 aliphatic carbocycles. The number of carboxylic acids is 1. The van der Waals surface area contributed by atoms with Crippen LogP contribution in [0.25, 0.3) is 0 Å². The molecule has 9 nitrogen and oxygen atoms in total. The Kier molecular flexibility index (Phi) is 6.59. The van der Waals surface area contributed by atoms with E-state index in [1.165, 1.54) is 19.1 Å². The highest BCUT2D eigenvalue weighted by molar-refractivity contribution is 5.95. The molecule has 1 amide bonds. The van der Waals surface area contributed by atoms with Crippen molar-refractivity contribution in [2.45, 2.75) is 19.8 Å². The largest absolute Gasteiger partial charge is 0.508 e. The summed E-state index contributed by atoms with van der Waals surface area (Å²) < 4.78 is 16.6. The number of aromatic hydroxyl groups is 1. The monoisotopic (exact) mass is 477 g/mol. The number of carbonyl (C=O) groups is 3. The first-order chi connectivity index (χ1) is 16.8. The molecule has 0 saturated heterocycles. The van der Waals surface area contributed by atoms with E-state index in [-0.39, 0.29) is 23.8 Å². The van der Waals surface area contributed by atoms with E-state index >= 15 is 0 Å². The van der Waals surface area contributed by atoms with Gasteiger partial charge in [0.1, 0.15) is 23.0 Å². The van der Waals surface area contributed by atoms with Crippen LogP contribution in [0.2, 0.25) is 0 Å². The van der Waals surface area contributed by atoms with Crippen LogP contribution >= 0.6 is 0 Å². The Hall–Kier alpha value is -4.53. The fourth-order valence-electron chi connectivity index (χ4n) is 4.02. The normalized spacial score (nSPS) is 13.6. The summed E-state index contributed by atoms with van der Waals surface area (Å²) in [5.74, 6) is -1.39. The number of carbonyl (C=O) groups excluding carboxylic acids is 2. The van der Waals surface area contributed by atoms with Gasteiger partial charge in [0.25, 0.3) is 0 Å². The molecule has 0 radical (unpaired) electrons. The summed E-state index contributed by atoms with van der Waals surface area (Å²) in [6.45, 7) is 2.73. The first-order valence-electron chi connectivity index (χ1n) is 10.8. The topological polar surface area (TPSA) is 131 Å². The third-order valence-electron chi connectivity index (χ3n) is 5.37. The molecule has 1 aliphatic heterocycles. The molecule has 0 bridgehead atoms. The van der Waals surface area contributed by atoms with Crippen LogP contribution in [0.15, 0.2) is 54.6 Å². The van der Waals surface area contributed by atoms with Crippen LogP contribution in [0.3, 0.4) is 0 Å². The SMILES string of the molecule is CCOC(=O)c1cc(NC(C)=O)ccc1C1c2ccc(O)cc2Oc2cc(OCC(=O)O)ccc21. The minimum atomic E-state index is -1.12. The van der Waals surface area contributed by atoms with E-state index < -0.39 is 24.5 Å². The molecule has 3 aromatic carbocycles. The van der Waals surface area contributed by atoms with Gasteiger partial charge in [-0.05, 0) is 36.8 Å². The molecule has 9 heteroatoms. The van der Waals surface area contributed by atoms with Gasteiger partial charge in [0.2, 0.25) is 5.91 Å². The van der Waals surface area contributed by atoms with Crippen molar-refractivity contribution in [1.29, 1.82) is 0 Å². The molecule has 0 spiro atoms. The molecule has 1 aliphatic rings. The Morgan fingerprint density at radius 1 is 0.971 bits per heavy atom. The Morgan fingerprint density at radius 3 is 2.34 bits per heavy atom. The number of hydrogen-bond acceptors (Lipinski definition) is 7. The molecule has 4 rings (SSSR count). The minimum Gasteiger partial charge on any atom is -0.508 e. The maximum Gasteiger partial charge on any atom is 0.341 e. The summed E-state index contributed by atoms with van der Waals surface area (Å²) in [7, 11) is 0. The summed E-state index contributed by atoms with van der Waals surface area (Å²) in [6, 6.07) is 14.6. The lowest BCUT2D eigenvalue weighted by atomic mass is 9.80. The van der Waals surface area contributed by atoms with E-state index in [1.807, 2.05) is 0 Å². The number of amides is 1. The molecular weight excluding hydrogens is 454 g/mol. The average Bonchev–Trinajstić information content (AvgIpc) is 2.81. The maximum absolute atomic E-state index is 12.9. The molecule has 180 valence electrons. The van der Waals surface area contributed by atoms with Crippen LogP contribution in [0, 0.1) is 0 Å². The maximum atomic E-state index is 12.9. The Labute approximate surface area is 200 Å². The van der Waals surface area contributed by atoms with Crippen molar-refractivity contribution in [1.82, 2.24) is 0 Å². The number of phenols is 1. The summed E-state index contributed by atoms with van der Waals surface area (Å²) in [4.78, 5) is 35.4. The van der Waals surface area contributed by atoms with Gasteiger partial charge in [-0.1, -0.05) is 18.2 Å². The van der Waals surface area contributed by atoms with Gasteiger partial charge < -0.3 is 29.7 Å². The number of benzene rings is 3. The third-order valence-corrected chi connectivity index (χ3v) is 5.37. The molecule has 1 atom stereocenters. The highest BCUT2D eigenvalue weighted by Crippen LogP contribution is 2.50. The Bertz CT molecular complexity index is 1320. The Balaban J connectivity index is 1.88. The van der Waals surface area contributed by atoms with Gasteiger partial charge in [0.05, 0.1) is 12.2 Å². The van der Waals surface area contributed by atoms with Crippen molar-refractivity contribution in [3.05, 3.63) is 76.9 Å². The molecule has 0 aromatic heterocycles. The summed E-state index contributed by atoms with van der Waals surface area (Å²) in [6.07, 6.45) is 0. The number of aliphatic carboxylic acids is 1. The van der Waals surface area contributed by atoms with Crippen LogP contribution in [0.1, 0.15) is 46.8 Å². The van der Waals surface area contributed by atoms with E-state index in [0.29, 0.717) is 39.6 Å². The molecule has 1 unspecified atom stereocenters. The summed E-state index contributed by atoms with van der Waals surface area (Å²) in [5, 5.41) is 21.6. The van der Waals surface area contributed by atoms with E-state index in [9.17, 15) is 19.5 Å². The lowest BCUT2D eigenvalue weighted by molar-refractivity contribution is -0.139. The number of ether oxygens (including phenoxy) is 3. The van der Waals surface area contributed by atoms with Gasteiger partial charge in [-0.3, -0.25) is 4.79 Å². The molecule has 0 saturated carbocycles. The van der Waals surface area contributed by atoms with Gasteiger partial charge >= 0.3 is 11.9 Å². The van der Waals surface area contributed by atoms with Crippen LogP contribution in [0.5, 0.6) is 23.0 Å². The van der Waals surface area contributed by atoms with E-state index in [4.69, 9.17) is 19.3 Å². The van der Waals surface area contributed by atoms with Crippen molar-refractivity contribution in [2.75, 3.05) is 18.5 Å². The van der Waals surface area contributed by atoms with Crippen molar-refractivity contribution < 1.29 is 38.8 Å². The predicted molar refractivity (Wildman–Crippen MR) is 125 cm³/mol. The van der Waals surface area contributed by atoms with Crippen LogP contribution < -0.4 is 14.8 Å². The van der Waals surface area contributed by atoms with Crippen molar-refractivity contribution in [2.24, 2.45) is 0 Å². The number of anilines is 1. The average molecular weight is 477 g/mol. The fraction of sp³-hybridized carbons (Fsp3) is 0.192. The second-order valence-electron chi connectivity index (χ2n) is 7.84. The standard InChI is InChI=1S/C26H23NO8/c1-3-33-26(32)21-10-15(27-14(2)28)4-7-18(21)25-19-8-5-16(29)11-22(19)35-23-12-17(6-9-20(23)25)34-13-24(30)31/h4-12,25,29H,3,13H2,1-2H3,(H,27,28)(H,30,31). The first kappa shape index (κ1) is 23.6. The smallest absolute Gasteiger partial charge is 0.341 e. The highest BCUT2D eigenvalue weighted by atomic mass is 16.5. The highest BCUT2D eigenvalue weighted by Gasteiger charge is 2.32. The van der Waals surface area contributed by atoms with Gasteiger partial charge in [-0.25, -0.2) is 9.59 Å². The van der Waals surface area contributed by atoms with Gasteiger partial charge in [-0.15, -0.1) is 0 Å². The number of nitrogens with one attached hydrogen (secondary N) is 1. The number of phenolic OH excluding ortho intramolecular Hbond substituents is 1. The summed E-state index contributed by atoms with van der Waals surface area (Å²) >= 11 is 0. The molecule has 35 heavy (non-hydrogen) atoms. The molecule has 3 aromatic rings. The third kappa shape index (κ3) is 5.03. The van der Waals surface area contributed by atoms with Crippen molar-refractivity contribution >= 4 is 23.5 Å². The van der Waals surface area contributed by atoms with Crippen LogP contribution in [-0.2, 0) is 14.3 Å². The van der Waals surface area contributed by atoms with Crippen molar-refractivity contribution in [3.8, 4) is 23.0 Å². The number of fused-ring (bicyclic) bond motifs is 2. The fourth-order valence-corrected chi connectivity index (χ4v) is 4.02. The second-order valence-corrected chi connectivity index (χ2v) is 7.84. The Morgan fingerprint density at radius 2 is 1.66 bits per heavy atom. The number of rotatable bonds is 7. The second kappa shape index (κ2) is 9.76. The van der Waals surface area contributed by atoms with Gasteiger partial charge in [0.15, 0.2) is 6.61 Å². The van der Waals surface area contributed by atoms with Crippen LogP contribution in [-0.4, -0.2) is 41.3 Å². The summed E-state index contributed by atoms with van der Waals surface area (Å²) in [5.41, 5.74) is 2.71. The zero-order valence-corrected chi connectivity index (χ0v) is 19.0. The number of carboxylic acid groups (broad SMARTS) is 1. The molecule has 1 heterocycles. The minimum absolute atomic E-state index is 0.00384. The molecular formula is C26H23NO8. The first-order valence-corrected chi connectivity index (χ1v) is 10.8. The lowest BCUT2D eigenvalue weighted by Crippen LogP contribution is -2.17. The van der Waals surface area contributed by atoms with Gasteiger partial charge in [-0.2, -0.15) is 0 Å². The van der Waals surface area contributed by atoms with Crippen LogP contribution in [0.4, 0.5) is 5.69 Å². The van der Waals surface area contributed by atoms with E-state index in [2.05, 4.69) is 5.32 Å². The van der Waals surface area contributed by atoms with E-state index in [1.54, 1.807) is 49.4 Å². The van der Waals surface area contributed by atoms with E-state index in [0.717, 1.165) is 0 Å². The van der Waals surface area contributed by atoms with Crippen molar-refractivity contribution in [3.63, 3.8) is 0 Å². The lowest BCUT2D eigenvalue weighted by Gasteiger charge is -2.30. The quantitative estimate of drug-likeness (QED) is 0.336. The predicted octanol–water partition coefficient (Wildman–Crippen LogP) is 4.28.